The van der Waals surface area contributed by atoms with Gasteiger partial charge in [-0.3, -0.25) is 9.59 Å². The van der Waals surface area contributed by atoms with Crippen molar-refractivity contribution in [1.29, 1.82) is 0 Å². The fourth-order valence-corrected chi connectivity index (χ4v) is 5.40. The minimum atomic E-state index is -0.810. The van der Waals surface area contributed by atoms with E-state index >= 15 is 0 Å². The maximum Gasteiger partial charge on any atom is 0.407 e. The summed E-state index contributed by atoms with van der Waals surface area (Å²) >= 11 is 0. The molecule has 186 valence electrons. The van der Waals surface area contributed by atoms with Crippen molar-refractivity contribution in [2.24, 2.45) is 5.92 Å². The monoisotopic (exact) mass is 478 g/mol. The normalized spacial score (nSPS) is 18.9. The predicted molar refractivity (Wildman–Crippen MR) is 133 cm³/mol. The van der Waals surface area contributed by atoms with Crippen LogP contribution in [0.5, 0.6) is 0 Å². The number of rotatable bonds is 10. The Hall–Kier alpha value is -3.35. The number of unbranched alkanes of at least 4 members (excludes halogenated alkanes) is 1. The van der Waals surface area contributed by atoms with Gasteiger partial charge in [-0.2, -0.15) is 0 Å². The largest absolute Gasteiger partial charge is 0.481 e. The number of nitrogens with one attached hydrogen (secondary N) is 2. The number of carboxylic acid groups (broad SMARTS) is 1. The number of hydrogen-bond donors (Lipinski definition) is 3. The maximum absolute atomic E-state index is 12.3. The van der Waals surface area contributed by atoms with Gasteiger partial charge in [-0.15, -0.1) is 0 Å². The van der Waals surface area contributed by atoms with E-state index in [1.165, 1.54) is 22.3 Å². The predicted octanol–water partition coefficient (Wildman–Crippen LogP) is 4.85. The zero-order chi connectivity index (χ0) is 24.6. The van der Waals surface area contributed by atoms with Crippen LogP contribution < -0.4 is 10.6 Å². The summed E-state index contributed by atoms with van der Waals surface area (Å²) in [5.41, 5.74) is 4.74. The summed E-state index contributed by atoms with van der Waals surface area (Å²) in [7, 11) is 0. The Kier molecular flexibility index (Phi) is 8.40. The number of benzene rings is 2. The molecule has 0 heterocycles. The molecule has 2 aromatic rings. The molecule has 0 aliphatic heterocycles. The van der Waals surface area contributed by atoms with Gasteiger partial charge in [0.05, 0.1) is 6.42 Å². The van der Waals surface area contributed by atoms with Crippen LogP contribution in [0.15, 0.2) is 48.5 Å². The van der Waals surface area contributed by atoms with Gasteiger partial charge in [-0.25, -0.2) is 4.79 Å². The van der Waals surface area contributed by atoms with Crippen LogP contribution >= 0.6 is 0 Å². The van der Waals surface area contributed by atoms with Gasteiger partial charge in [0.15, 0.2) is 0 Å². The van der Waals surface area contributed by atoms with Gasteiger partial charge < -0.3 is 20.5 Å². The molecule has 1 fully saturated rings. The summed E-state index contributed by atoms with van der Waals surface area (Å²) in [5.74, 6) is -0.814. The molecule has 2 aliphatic rings. The molecular formula is C28H34N2O5. The van der Waals surface area contributed by atoms with Gasteiger partial charge in [0.2, 0.25) is 5.91 Å². The number of alkyl carbamates (subject to hydrolysis) is 1. The number of aliphatic carboxylic acids is 1. The lowest BCUT2D eigenvalue weighted by molar-refractivity contribution is -0.139. The number of fused-ring (bicyclic) bond motifs is 3. The van der Waals surface area contributed by atoms with Gasteiger partial charge in [0.1, 0.15) is 6.61 Å². The van der Waals surface area contributed by atoms with E-state index in [0.29, 0.717) is 25.8 Å². The Morgan fingerprint density at radius 3 is 2.26 bits per heavy atom. The van der Waals surface area contributed by atoms with Crippen molar-refractivity contribution in [2.75, 3.05) is 13.2 Å². The Morgan fingerprint density at radius 1 is 0.914 bits per heavy atom. The maximum atomic E-state index is 12.3. The van der Waals surface area contributed by atoms with Crippen LogP contribution in [-0.2, 0) is 14.3 Å². The Balaban J connectivity index is 1.14. The van der Waals surface area contributed by atoms with Gasteiger partial charge in [-0.1, -0.05) is 61.4 Å². The van der Waals surface area contributed by atoms with E-state index in [-0.39, 0.29) is 36.8 Å². The highest BCUT2D eigenvalue weighted by Crippen LogP contribution is 2.44. The molecular weight excluding hydrogens is 444 g/mol. The summed E-state index contributed by atoms with van der Waals surface area (Å²) in [6, 6.07) is 16.4. The molecule has 1 saturated carbocycles. The van der Waals surface area contributed by atoms with Crippen molar-refractivity contribution < 1.29 is 24.2 Å². The first kappa shape index (κ1) is 24.8. The third kappa shape index (κ3) is 6.41. The third-order valence-electron chi connectivity index (χ3n) is 7.14. The fraction of sp³-hybridized carbons (Fsp3) is 0.464. The highest BCUT2D eigenvalue weighted by Gasteiger charge is 2.29. The molecule has 0 radical (unpaired) electrons. The molecule has 2 atom stereocenters. The molecule has 0 unspecified atom stereocenters. The molecule has 2 aromatic carbocycles. The zero-order valence-electron chi connectivity index (χ0n) is 20.0. The standard InChI is InChI=1S/C28H34N2O5/c31-26(30-25-14-6-1-9-19(25)17-27(32)33)15-7-8-16-29-28(34)35-18-24-22-12-4-2-10-20(22)21-11-3-5-13-23(21)24/h2-5,10-13,19,24-25H,1,6-9,14-18H2,(H,29,34)(H,30,31)(H,32,33)/t19-,25-/m0/s1. The van der Waals surface area contributed by atoms with Crippen molar-refractivity contribution in [2.45, 2.75) is 63.3 Å². The molecule has 7 nitrogen and oxygen atoms in total. The van der Waals surface area contributed by atoms with Crippen LogP contribution in [0.3, 0.4) is 0 Å². The number of amides is 2. The molecule has 0 aromatic heterocycles. The van der Waals surface area contributed by atoms with Gasteiger partial charge in [0.25, 0.3) is 0 Å². The van der Waals surface area contributed by atoms with Gasteiger partial charge in [0, 0.05) is 24.9 Å². The minimum absolute atomic E-state index is 0.0143. The first-order valence-corrected chi connectivity index (χ1v) is 12.6. The van der Waals surface area contributed by atoms with E-state index < -0.39 is 12.1 Å². The van der Waals surface area contributed by atoms with E-state index in [1.807, 2.05) is 24.3 Å². The summed E-state index contributed by atoms with van der Waals surface area (Å²) in [5, 5.41) is 14.9. The molecule has 2 amide bonds. The van der Waals surface area contributed by atoms with E-state index in [2.05, 4.69) is 34.9 Å². The number of carboxylic acids is 1. The van der Waals surface area contributed by atoms with Crippen molar-refractivity contribution in [1.82, 2.24) is 10.6 Å². The number of hydrogen-bond acceptors (Lipinski definition) is 4. The summed E-state index contributed by atoms with van der Waals surface area (Å²) in [4.78, 5) is 35.6. The van der Waals surface area contributed by atoms with Crippen molar-refractivity contribution in [3.63, 3.8) is 0 Å². The number of ether oxygens (including phenoxy) is 1. The second-order valence-corrected chi connectivity index (χ2v) is 9.53. The topological polar surface area (TPSA) is 105 Å². The van der Waals surface area contributed by atoms with Crippen molar-refractivity contribution in [3.05, 3.63) is 59.7 Å². The number of carbonyl (C=O) groups excluding carboxylic acids is 2. The van der Waals surface area contributed by atoms with Crippen LogP contribution in [0.4, 0.5) is 4.79 Å². The van der Waals surface area contributed by atoms with E-state index in [9.17, 15) is 14.4 Å². The highest BCUT2D eigenvalue weighted by atomic mass is 16.5. The third-order valence-corrected chi connectivity index (χ3v) is 7.14. The van der Waals surface area contributed by atoms with Crippen molar-refractivity contribution in [3.8, 4) is 11.1 Å². The minimum Gasteiger partial charge on any atom is -0.481 e. The van der Waals surface area contributed by atoms with Gasteiger partial charge >= 0.3 is 12.1 Å². The smallest absolute Gasteiger partial charge is 0.407 e. The zero-order valence-corrected chi connectivity index (χ0v) is 20.0. The molecule has 0 bridgehead atoms. The summed E-state index contributed by atoms with van der Waals surface area (Å²) in [6.45, 7) is 0.718. The fourth-order valence-electron chi connectivity index (χ4n) is 5.40. The van der Waals surface area contributed by atoms with Crippen LogP contribution in [0.2, 0.25) is 0 Å². The lowest BCUT2D eigenvalue weighted by atomic mass is 9.82. The quantitative estimate of drug-likeness (QED) is 0.424. The Labute approximate surface area is 206 Å². The van der Waals surface area contributed by atoms with Crippen LogP contribution in [0.1, 0.15) is 68.4 Å². The van der Waals surface area contributed by atoms with E-state index in [4.69, 9.17) is 9.84 Å². The second-order valence-electron chi connectivity index (χ2n) is 9.53. The highest BCUT2D eigenvalue weighted by molar-refractivity contribution is 5.79. The lowest BCUT2D eigenvalue weighted by Crippen LogP contribution is -2.42. The van der Waals surface area contributed by atoms with E-state index in [0.717, 1.165) is 25.7 Å². The van der Waals surface area contributed by atoms with Crippen LogP contribution in [-0.4, -0.2) is 42.3 Å². The Bertz CT molecular complexity index is 1010. The lowest BCUT2D eigenvalue weighted by Gasteiger charge is -2.31. The molecule has 0 saturated heterocycles. The van der Waals surface area contributed by atoms with Crippen molar-refractivity contribution >= 4 is 18.0 Å². The molecule has 35 heavy (non-hydrogen) atoms. The summed E-state index contributed by atoms with van der Waals surface area (Å²) < 4.78 is 5.53. The molecule has 0 spiro atoms. The molecule has 4 rings (SSSR count). The van der Waals surface area contributed by atoms with Crippen LogP contribution in [0.25, 0.3) is 11.1 Å². The molecule has 2 aliphatic carbocycles. The first-order chi connectivity index (χ1) is 17.0. The first-order valence-electron chi connectivity index (χ1n) is 12.6. The molecule has 3 N–H and O–H groups in total. The average molecular weight is 479 g/mol. The Morgan fingerprint density at radius 2 is 1.57 bits per heavy atom. The van der Waals surface area contributed by atoms with E-state index in [1.54, 1.807) is 0 Å². The average Bonchev–Trinajstić information content (AvgIpc) is 3.17. The number of carbonyl (C=O) groups is 3. The SMILES string of the molecule is O=C(O)C[C@@H]1CCCC[C@@H]1NC(=O)CCCCNC(=O)OCC1c2ccccc2-c2ccccc21. The van der Waals surface area contributed by atoms with Gasteiger partial charge in [-0.05, 0) is 53.9 Å². The summed E-state index contributed by atoms with van der Waals surface area (Å²) in [6.07, 6.45) is 5.06. The van der Waals surface area contributed by atoms with Crippen LogP contribution in [0, 0.1) is 5.92 Å². The second kappa shape index (κ2) is 11.9. The molecule has 7 heteroatoms.